The topological polar surface area (TPSA) is 74.2 Å². The van der Waals surface area contributed by atoms with E-state index in [1.54, 1.807) is 18.6 Å². The lowest BCUT2D eigenvalue weighted by Crippen LogP contribution is -2.51. The van der Waals surface area contributed by atoms with Crippen LogP contribution >= 0.6 is 11.3 Å². The summed E-state index contributed by atoms with van der Waals surface area (Å²) in [6.07, 6.45) is 5.18. The number of rotatable bonds is 5. The van der Waals surface area contributed by atoms with Crippen LogP contribution < -0.4 is 10.2 Å². The first-order chi connectivity index (χ1) is 11.6. The fraction of sp³-hybridized carbons (Fsp3) is 0.500. The SMILES string of the molecule is Cc1ncc(C(=O)NC(C)CN2CCN(c3ncccn3)CC2)s1. The van der Waals surface area contributed by atoms with Gasteiger partial charge in [-0.05, 0) is 19.9 Å². The minimum atomic E-state index is -0.0376. The van der Waals surface area contributed by atoms with Gasteiger partial charge in [0.1, 0.15) is 4.88 Å². The summed E-state index contributed by atoms with van der Waals surface area (Å²) in [6, 6.07) is 1.92. The maximum Gasteiger partial charge on any atom is 0.263 e. The number of hydrogen-bond acceptors (Lipinski definition) is 7. The van der Waals surface area contributed by atoms with Crippen LogP contribution in [0.5, 0.6) is 0 Å². The summed E-state index contributed by atoms with van der Waals surface area (Å²) >= 11 is 1.42. The molecule has 1 aliphatic heterocycles. The van der Waals surface area contributed by atoms with Gasteiger partial charge in [0.15, 0.2) is 0 Å². The first-order valence-corrected chi connectivity index (χ1v) is 8.91. The van der Waals surface area contributed by atoms with E-state index < -0.39 is 0 Å². The zero-order valence-electron chi connectivity index (χ0n) is 14.0. The van der Waals surface area contributed by atoms with E-state index in [0.29, 0.717) is 4.88 Å². The molecule has 8 heteroatoms. The van der Waals surface area contributed by atoms with Gasteiger partial charge in [-0.25, -0.2) is 15.0 Å². The number of aromatic nitrogens is 3. The van der Waals surface area contributed by atoms with E-state index in [-0.39, 0.29) is 11.9 Å². The molecule has 128 valence electrons. The Labute approximate surface area is 145 Å². The summed E-state index contributed by atoms with van der Waals surface area (Å²) < 4.78 is 0. The average Bonchev–Trinajstić information content (AvgIpc) is 3.03. The Bertz CT molecular complexity index is 668. The molecule has 1 saturated heterocycles. The Hall–Kier alpha value is -2.06. The van der Waals surface area contributed by atoms with Crippen LogP contribution in [0, 0.1) is 6.92 Å². The third-order valence-electron chi connectivity index (χ3n) is 3.96. The molecule has 0 saturated carbocycles. The molecule has 1 fully saturated rings. The van der Waals surface area contributed by atoms with Crippen molar-refractivity contribution >= 4 is 23.2 Å². The summed E-state index contributed by atoms with van der Waals surface area (Å²) in [4.78, 5) is 30.1. The number of carbonyl (C=O) groups excluding carboxylic acids is 1. The van der Waals surface area contributed by atoms with Gasteiger partial charge in [-0.2, -0.15) is 0 Å². The highest BCUT2D eigenvalue weighted by atomic mass is 32.1. The summed E-state index contributed by atoms with van der Waals surface area (Å²) in [5.41, 5.74) is 0. The molecule has 1 aliphatic rings. The van der Waals surface area contributed by atoms with E-state index in [2.05, 4.69) is 30.1 Å². The fourth-order valence-corrected chi connectivity index (χ4v) is 3.46. The highest BCUT2D eigenvalue weighted by Gasteiger charge is 2.21. The number of aryl methyl sites for hydroxylation is 1. The van der Waals surface area contributed by atoms with Crippen molar-refractivity contribution in [2.45, 2.75) is 19.9 Å². The van der Waals surface area contributed by atoms with Crippen LogP contribution in [0.4, 0.5) is 5.95 Å². The highest BCUT2D eigenvalue weighted by molar-refractivity contribution is 7.13. The largest absolute Gasteiger partial charge is 0.348 e. The number of anilines is 1. The molecule has 3 rings (SSSR count). The second-order valence-corrected chi connectivity index (χ2v) is 7.19. The molecule has 0 radical (unpaired) electrons. The molecule has 2 aromatic rings. The van der Waals surface area contributed by atoms with Crippen LogP contribution in [-0.4, -0.2) is 64.5 Å². The Kier molecular flexibility index (Phi) is 5.37. The molecule has 1 atom stereocenters. The van der Waals surface area contributed by atoms with Crippen molar-refractivity contribution < 1.29 is 4.79 Å². The van der Waals surface area contributed by atoms with Crippen molar-refractivity contribution in [3.63, 3.8) is 0 Å². The monoisotopic (exact) mass is 346 g/mol. The predicted molar refractivity (Wildman–Crippen MR) is 94.5 cm³/mol. The molecule has 1 amide bonds. The van der Waals surface area contributed by atoms with Crippen LogP contribution in [0.3, 0.4) is 0 Å². The number of carbonyl (C=O) groups is 1. The molecular weight excluding hydrogens is 324 g/mol. The Balaban J connectivity index is 1.45. The molecule has 1 unspecified atom stereocenters. The number of nitrogens with zero attached hydrogens (tertiary/aromatic N) is 5. The fourth-order valence-electron chi connectivity index (χ4n) is 2.78. The normalized spacial score (nSPS) is 16.8. The zero-order chi connectivity index (χ0) is 16.9. The van der Waals surface area contributed by atoms with Crippen molar-refractivity contribution in [1.82, 2.24) is 25.2 Å². The Morgan fingerprint density at radius 1 is 1.25 bits per heavy atom. The van der Waals surface area contributed by atoms with E-state index in [9.17, 15) is 4.79 Å². The van der Waals surface area contributed by atoms with Gasteiger partial charge < -0.3 is 10.2 Å². The van der Waals surface area contributed by atoms with E-state index >= 15 is 0 Å². The van der Waals surface area contributed by atoms with Crippen LogP contribution in [0.15, 0.2) is 24.7 Å². The minimum absolute atomic E-state index is 0.0376. The first-order valence-electron chi connectivity index (χ1n) is 8.09. The Morgan fingerprint density at radius 2 is 1.96 bits per heavy atom. The molecule has 2 aromatic heterocycles. The number of thiazole rings is 1. The molecule has 0 bridgehead atoms. The number of hydrogen-bond donors (Lipinski definition) is 1. The van der Waals surface area contributed by atoms with E-state index in [1.165, 1.54) is 11.3 Å². The van der Waals surface area contributed by atoms with Crippen LogP contribution in [0.25, 0.3) is 0 Å². The lowest BCUT2D eigenvalue weighted by molar-refractivity contribution is 0.0932. The van der Waals surface area contributed by atoms with Gasteiger partial charge in [0.2, 0.25) is 5.95 Å². The molecule has 0 aliphatic carbocycles. The Morgan fingerprint density at radius 3 is 2.58 bits per heavy atom. The van der Waals surface area contributed by atoms with Gasteiger partial charge in [0, 0.05) is 51.2 Å². The van der Waals surface area contributed by atoms with Gasteiger partial charge in [0.25, 0.3) is 5.91 Å². The summed E-state index contributed by atoms with van der Waals surface area (Å²) in [5.74, 6) is 0.753. The lowest BCUT2D eigenvalue weighted by atomic mass is 10.2. The summed E-state index contributed by atoms with van der Waals surface area (Å²) in [5, 5.41) is 3.96. The third-order valence-corrected chi connectivity index (χ3v) is 4.87. The van der Waals surface area contributed by atoms with Crippen molar-refractivity contribution in [2.75, 3.05) is 37.6 Å². The molecule has 3 heterocycles. The maximum absolute atomic E-state index is 12.2. The summed E-state index contributed by atoms with van der Waals surface area (Å²) in [7, 11) is 0. The van der Waals surface area contributed by atoms with Crippen molar-refractivity contribution in [2.24, 2.45) is 0 Å². The standard InChI is InChI=1S/C16H22N6OS/c1-12(20-15(23)14-10-19-13(2)24-14)11-21-6-8-22(9-7-21)16-17-4-3-5-18-16/h3-5,10,12H,6-9,11H2,1-2H3,(H,20,23). The average molecular weight is 346 g/mol. The van der Waals surface area contributed by atoms with Gasteiger partial charge in [-0.3, -0.25) is 9.69 Å². The summed E-state index contributed by atoms with van der Waals surface area (Å²) in [6.45, 7) is 8.47. The molecular formula is C16H22N6OS. The van der Waals surface area contributed by atoms with Crippen LogP contribution in [0.2, 0.25) is 0 Å². The van der Waals surface area contributed by atoms with Crippen molar-refractivity contribution in [3.05, 3.63) is 34.5 Å². The van der Waals surface area contributed by atoms with E-state index in [0.717, 1.165) is 43.7 Å². The maximum atomic E-state index is 12.2. The minimum Gasteiger partial charge on any atom is -0.348 e. The molecule has 0 spiro atoms. The van der Waals surface area contributed by atoms with Crippen LogP contribution in [-0.2, 0) is 0 Å². The zero-order valence-corrected chi connectivity index (χ0v) is 14.8. The van der Waals surface area contributed by atoms with E-state index in [4.69, 9.17) is 0 Å². The first kappa shape index (κ1) is 16.8. The van der Waals surface area contributed by atoms with Gasteiger partial charge in [-0.15, -0.1) is 11.3 Å². The second-order valence-electron chi connectivity index (χ2n) is 5.95. The number of amides is 1. The lowest BCUT2D eigenvalue weighted by Gasteiger charge is -2.35. The van der Waals surface area contributed by atoms with Gasteiger partial charge in [-0.1, -0.05) is 0 Å². The van der Waals surface area contributed by atoms with Gasteiger partial charge >= 0.3 is 0 Å². The molecule has 24 heavy (non-hydrogen) atoms. The van der Waals surface area contributed by atoms with Gasteiger partial charge in [0.05, 0.1) is 11.2 Å². The molecule has 0 aromatic carbocycles. The molecule has 7 nitrogen and oxygen atoms in total. The number of nitrogens with one attached hydrogen (secondary N) is 1. The quantitative estimate of drug-likeness (QED) is 0.876. The molecule has 1 N–H and O–H groups in total. The van der Waals surface area contributed by atoms with Crippen molar-refractivity contribution in [3.8, 4) is 0 Å². The van der Waals surface area contributed by atoms with Crippen LogP contribution in [0.1, 0.15) is 21.6 Å². The predicted octanol–water partition coefficient (Wildman–Crippen LogP) is 1.18. The van der Waals surface area contributed by atoms with E-state index in [1.807, 2.05) is 19.9 Å². The number of piperazine rings is 1. The third kappa shape index (κ3) is 4.27. The second kappa shape index (κ2) is 7.67. The highest BCUT2D eigenvalue weighted by Crippen LogP contribution is 2.12. The smallest absolute Gasteiger partial charge is 0.263 e. The van der Waals surface area contributed by atoms with Crippen molar-refractivity contribution in [1.29, 1.82) is 0 Å².